The maximum absolute atomic E-state index is 13.4. The first-order valence-electron chi connectivity index (χ1n) is 11.6. The van der Waals surface area contributed by atoms with E-state index in [0.29, 0.717) is 29.6 Å². The highest BCUT2D eigenvalue weighted by atomic mass is 32.2. The van der Waals surface area contributed by atoms with E-state index in [1.807, 2.05) is 19.9 Å². The average Bonchev–Trinajstić information content (AvgIpc) is 3.13. The molecule has 3 aromatic rings. The number of carbonyl (C=O) groups excluding carboxylic acids is 1. The second-order valence-corrected chi connectivity index (χ2v) is 10.7. The van der Waals surface area contributed by atoms with Gasteiger partial charge in [-0.1, -0.05) is 12.8 Å². The summed E-state index contributed by atoms with van der Waals surface area (Å²) in [4.78, 5) is 24.9. The van der Waals surface area contributed by atoms with E-state index >= 15 is 0 Å². The summed E-state index contributed by atoms with van der Waals surface area (Å²) in [7, 11) is -2.45. The summed E-state index contributed by atoms with van der Waals surface area (Å²) in [6.45, 7) is 4.57. The van der Waals surface area contributed by atoms with Crippen molar-refractivity contribution in [2.24, 2.45) is 0 Å². The molecule has 0 aliphatic carbocycles. The summed E-state index contributed by atoms with van der Waals surface area (Å²) in [5.41, 5.74) is 2.46. The minimum Gasteiger partial charge on any atom is -0.495 e. The molecule has 1 saturated heterocycles. The van der Waals surface area contributed by atoms with E-state index in [-0.39, 0.29) is 22.8 Å². The van der Waals surface area contributed by atoms with Crippen molar-refractivity contribution in [3.63, 3.8) is 0 Å². The zero-order valence-electron chi connectivity index (χ0n) is 20.1. The van der Waals surface area contributed by atoms with Crippen molar-refractivity contribution in [3.8, 4) is 5.75 Å². The van der Waals surface area contributed by atoms with Gasteiger partial charge in [-0.2, -0.15) is 4.31 Å². The molecule has 2 aromatic carbocycles. The Morgan fingerprint density at radius 3 is 2.37 bits per heavy atom. The topological polar surface area (TPSA) is 103 Å². The Hall–Kier alpha value is -3.17. The molecule has 2 heterocycles. The number of fused-ring (bicyclic) bond motifs is 1. The van der Waals surface area contributed by atoms with Crippen molar-refractivity contribution in [1.29, 1.82) is 0 Å². The third-order valence-corrected chi connectivity index (χ3v) is 8.31. The van der Waals surface area contributed by atoms with Crippen LogP contribution in [0.2, 0.25) is 0 Å². The van der Waals surface area contributed by atoms with Crippen LogP contribution in [0, 0.1) is 13.8 Å². The number of carbonyl (C=O) groups is 1. The zero-order valence-corrected chi connectivity index (χ0v) is 20.9. The lowest BCUT2D eigenvalue weighted by Gasteiger charge is -2.21. The molecule has 0 atom stereocenters. The first kappa shape index (κ1) is 24.9. The van der Waals surface area contributed by atoms with Gasteiger partial charge in [0.1, 0.15) is 22.8 Å². The molecular weight excluding hydrogens is 470 g/mol. The van der Waals surface area contributed by atoms with E-state index in [4.69, 9.17) is 13.9 Å². The molecule has 0 amide bonds. The average molecular weight is 500 g/mol. The Morgan fingerprint density at radius 2 is 1.69 bits per heavy atom. The van der Waals surface area contributed by atoms with Crippen molar-refractivity contribution < 1.29 is 27.1 Å². The first-order chi connectivity index (χ1) is 16.7. The van der Waals surface area contributed by atoms with Crippen LogP contribution < -0.4 is 10.4 Å². The van der Waals surface area contributed by atoms with Crippen LogP contribution in [-0.2, 0) is 21.4 Å². The van der Waals surface area contributed by atoms with E-state index in [2.05, 4.69) is 0 Å². The zero-order chi connectivity index (χ0) is 25.2. The predicted molar refractivity (Wildman–Crippen MR) is 131 cm³/mol. The Balaban J connectivity index is 1.61. The van der Waals surface area contributed by atoms with Gasteiger partial charge in [-0.05, 0) is 68.1 Å². The van der Waals surface area contributed by atoms with Gasteiger partial charge in [0, 0.05) is 30.1 Å². The molecule has 0 spiro atoms. The van der Waals surface area contributed by atoms with Gasteiger partial charge in [-0.25, -0.2) is 18.0 Å². The first-order valence-corrected chi connectivity index (χ1v) is 13.0. The van der Waals surface area contributed by atoms with Crippen molar-refractivity contribution in [2.45, 2.75) is 51.0 Å². The van der Waals surface area contributed by atoms with E-state index < -0.39 is 21.6 Å². The van der Waals surface area contributed by atoms with Crippen molar-refractivity contribution in [3.05, 3.63) is 69.1 Å². The minimum absolute atomic E-state index is 0.0618. The number of methoxy groups -OCH3 is 1. The normalized spacial score (nSPS) is 15.1. The maximum Gasteiger partial charge on any atom is 0.338 e. The van der Waals surface area contributed by atoms with Crippen molar-refractivity contribution in [2.75, 3.05) is 20.2 Å². The van der Waals surface area contributed by atoms with Crippen LogP contribution in [0.15, 0.2) is 50.5 Å². The second-order valence-electron chi connectivity index (χ2n) is 8.78. The molecule has 0 saturated carbocycles. The molecule has 0 bridgehead atoms. The summed E-state index contributed by atoms with van der Waals surface area (Å²) in [5, 5.41) is 0.680. The molecular formula is C26H29NO7S. The molecule has 1 aromatic heterocycles. The summed E-state index contributed by atoms with van der Waals surface area (Å²) in [6.07, 6.45) is 3.56. The molecule has 1 aliphatic rings. The molecule has 1 fully saturated rings. The van der Waals surface area contributed by atoms with Gasteiger partial charge < -0.3 is 13.9 Å². The smallest absolute Gasteiger partial charge is 0.338 e. The fourth-order valence-electron chi connectivity index (χ4n) is 4.26. The van der Waals surface area contributed by atoms with E-state index in [1.54, 1.807) is 6.07 Å². The fourth-order valence-corrected chi connectivity index (χ4v) is 5.95. The lowest BCUT2D eigenvalue weighted by molar-refractivity contribution is 0.0473. The van der Waals surface area contributed by atoms with Gasteiger partial charge in [0.05, 0.1) is 12.7 Å². The summed E-state index contributed by atoms with van der Waals surface area (Å²) < 4.78 is 44.3. The third kappa shape index (κ3) is 5.26. The number of sulfonamides is 1. The van der Waals surface area contributed by atoms with Gasteiger partial charge in [-0.15, -0.1) is 0 Å². The van der Waals surface area contributed by atoms with Crippen LogP contribution in [0.4, 0.5) is 0 Å². The second kappa shape index (κ2) is 10.2. The number of aryl methyl sites for hydroxylation is 2. The summed E-state index contributed by atoms with van der Waals surface area (Å²) in [5.74, 6) is -0.534. The molecule has 8 nitrogen and oxygen atoms in total. The lowest BCUT2D eigenvalue weighted by Crippen LogP contribution is -2.32. The molecule has 9 heteroatoms. The summed E-state index contributed by atoms with van der Waals surface area (Å²) >= 11 is 0. The maximum atomic E-state index is 13.4. The molecule has 0 N–H and O–H groups in total. The van der Waals surface area contributed by atoms with Crippen LogP contribution in [0.3, 0.4) is 0 Å². The Morgan fingerprint density at radius 1 is 1.00 bits per heavy atom. The number of hydrogen-bond acceptors (Lipinski definition) is 7. The molecule has 35 heavy (non-hydrogen) atoms. The van der Waals surface area contributed by atoms with Crippen molar-refractivity contribution >= 4 is 27.0 Å². The number of benzene rings is 2. The number of ether oxygens (including phenoxy) is 2. The van der Waals surface area contributed by atoms with Crippen LogP contribution in [0.1, 0.15) is 52.7 Å². The monoisotopic (exact) mass is 499 g/mol. The van der Waals surface area contributed by atoms with Gasteiger partial charge in [0.15, 0.2) is 0 Å². The molecule has 4 rings (SSSR count). The lowest BCUT2D eigenvalue weighted by atomic mass is 10.0. The standard InChI is InChI=1S/C26H29NO7S/c1-17-12-21-20(15-25(28)34-23(21)13-18(17)2)16-33-26(29)19-8-9-22(32-3)24(14-19)35(30,31)27-10-6-4-5-7-11-27/h8-9,12-15H,4-7,10-11,16H2,1-3H3. The van der Waals surface area contributed by atoms with Crippen LogP contribution in [-0.4, -0.2) is 38.9 Å². The number of esters is 1. The summed E-state index contributed by atoms with van der Waals surface area (Å²) in [6, 6.07) is 9.18. The quantitative estimate of drug-likeness (QED) is 0.367. The Labute approximate surface area is 204 Å². The van der Waals surface area contributed by atoms with E-state index in [0.717, 1.165) is 36.8 Å². The SMILES string of the molecule is COc1ccc(C(=O)OCc2cc(=O)oc3cc(C)c(C)cc23)cc1S(=O)(=O)N1CCCCCC1. The van der Waals surface area contributed by atoms with Gasteiger partial charge in [-0.3, -0.25) is 0 Å². The largest absolute Gasteiger partial charge is 0.495 e. The van der Waals surface area contributed by atoms with Crippen LogP contribution in [0.25, 0.3) is 11.0 Å². The molecule has 0 radical (unpaired) electrons. The van der Waals surface area contributed by atoms with Gasteiger partial charge in [0.25, 0.3) is 0 Å². The van der Waals surface area contributed by atoms with E-state index in [1.165, 1.54) is 35.7 Å². The minimum atomic E-state index is -3.85. The van der Waals surface area contributed by atoms with Crippen LogP contribution >= 0.6 is 0 Å². The number of rotatable bonds is 6. The van der Waals surface area contributed by atoms with Crippen LogP contribution in [0.5, 0.6) is 5.75 Å². The molecule has 186 valence electrons. The molecule has 0 unspecified atom stereocenters. The van der Waals surface area contributed by atoms with Crippen molar-refractivity contribution in [1.82, 2.24) is 4.31 Å². The highest BCUT2D eigenvalue weighted by Gasteiger charge is 2.29. The Bertz CT molecular complexity index is 1420. The fraction of sp³-hybridized carbons (Fsp3) is 0.385. The molecule has 1 aliphatic heterocycles. The highest BCUT2D eigenvalue weighted by molar-refractivity contribution is 7.89. The predicted octanol–water partition coefficient (Wildman–Crippen LogP) is 4.34. The van der Waals surface area contributed by atoms with Gasteiger partial charge >= 0.3 is 11.6 Å². The third-order valence-electron chi connectivity index (χ3n) is 6.39. The van der Waals surface area contributed by atoms with Gasteiger partial charge in [0.2, 0.25) is 10.0 Å². The highest BCUT2D eigenvalue weighted by Crippen LogP contribution is 2.30. The Kier molecular flexibility index (Phi) is 7.28. The number of nitrogens with zero attached hydrogens (tertiary/aromatic N) is 1. The van der Waals surface area contributed by atoms with E-state index in [9.17, 15) is 18.0 Å². The number of hydrogen-bond donors (Lipinski definition) is 0.